The van der Waals surface area contributed by atoms with Gasteiger partial charge in [-0.25, -0.2) is 0 Å². The molecule has 0 radical (unpaired) electrons. The number of anilines is 3. The highest BCUT2D eigenvalue weighted by atomic mass is 16.3. The first-order valence-corrected chi connectivity index (χ1v) is 19.2. The third-order valence-electron chi connectivity index (χ3n) is 11.2. The number of rotatable bonds is 6. The summed E-state index contributed by atoms with van der Waals surface area (Å²) in [6.07, 6.45) is 0. The minimum atomic E-state index is 0.862. The molecule has 56 heavy (non-hydrogen) atoms. The van der Waals surface area contributed by atoms with E-state index in [0.29, 0.717) is 0 Å². The van der Waals surface area contributed by atoms with Crippen molar-refractivity contribution in [1.82, 2.24) is 0 Å². The van der Waals surface area contributed by atoms with Crippen LogP contribution in [0.4, 0.5) is 17.1 Å². The fraction of sp³-hybridized carbons (Fsp3) is 0. The van der Waals surface area contributed by atoms with Gasteiger partial charge in [-0.05, 0) is 103 Å². The molecule has 0 N–H and O–H groups in total. The Morgan fingerprint density at radius 2 is 0.804 bits per heavy atom. The molecule has 0 unspecified atom stereocenters. The van der Waals surface area contributed by atoms with E-state index in [1.54, 1.807) is 0 Å². The lowest BCUT2D eigenvalue weighted by Gasteiger charge is -2.27. The third-order valence-corrected chi connectivity index (χ3v) is 11.2. The van der Waals surface area contributed by atoms with Gasteiger partial charge in [0.25, 0.3) is 0 Å². The molecule has 262 valence electrons. The van der Waals surface area contributed by atoms with Gasteiger partial charge < -0.3 is 9.32 Å². The number of hydrogen-bond donors (Lipinski definition) is 0. The van der Waals surface area contributed by atoms with Crippen LogP contribution in [0, 0.1) is 0 Å². The lowest BCUT2D eigenvalue weighted by atomic mass is 9.85. The number of nitrogens with zero attached hydrogens (tertiary/aromatic N) is 1. The van der Waals surface area contributed by atoms with E-state index >= 15 is 0 Å². The smallest absolute Gasteiger partial charge is 0.143 e. The van der Waals surface area contributed by atoms with Gasteiger partial charge in [-0.15, -0.1) is 0 Å². The van der Waals surface area contributed by atoms with Gasteiger partial charge in [-0.3, -0.25) is 0 Å². The van der Waals surface area contributed by atoms with Crippen LogP contribution in [0.1, 0.15) is 0 Å². The van der Waals surface area contributed by atoms with Crippen LogP contribution < -0.4 is 4.90 Å². The van der Waals surface area contributed by atoms with Crippen molar-refractivity contribution in [3.63, 3.8) is 0 Å². The summed E-state index contributed by atoms with van der Waals surface area (Å²) in [6, 6.07) is 76.5. The molecule has 0 aliphatic heterocycles. The fourth-order valence-corrected chi connectivity index (χ4v) is 8.66. The summed E-state index contributed by atoms with van der Waals surface area (Å²) in [7, 11) is 0. The van der Waals surface area contributed by atoms with Gasteiger partial charge in [-0.2, -0.15) is 0 Å². The number of furan rings is 1. The quantitative estimate of drug-likeness (QED) is 0.160. The van der Waals surface area contributed by atoms with Crippen LogP contribution in [0.15, 0.2) is 217 Å². The molecule has 11 aromatic rings. The number of fused-ring (bicyclic) bond motifs is 8. The van der Waals surface area contributed by atoms with Gasteiger partial charge >= 0.3 is 0 Å². The maximum atomic E-state index is 6.75. The van der Waals surface area contributed by atoms with Gasteiger partial charge in [0.1, 0.15) is 11.2 Å². The SMILES string of the molecule is c1ccc(-c2cccc(N(c3ccc4c(c3)oc3c5ccccc5ccc43)c3ccc4c(c3)c(-c3ccccc3)c(-c3ccccc3)c3ccccc34)c2)cc1. The molecule has 1 aromatic heterocycles. The highest BCUT2D eigenvalue weighted by molar-refractivity contribution is 6.22. The summed E-state index contributed by atoms with van der Waals surface area (Å²) in [5.41, 5.74) is 12.1. The second-order valence-electron chi connectivity index (χ2n) is 14.5. The van der Waals surface area contributed by atoms with E-state index in [2.05, 4.69) is 217 Å². The van der Waals surface area contributed by atoms with Crippen LogP contribution in [-0.2, 0) is 0 Å². The van der Waals surface area contributed by atoms with Crippen LogP contribution in [0.25, 0.3) is 87.6 Å². The Balaban J connectivity index is 1.20. The van der Waals surface area contributed by atoms with Gasteiger partial charge in [0, 0.05) is 39.3 Å². The summed E-state index contributed by atoms with van der Waals surface area (Å²) >= 11 is 0. The van der Waals surface area contributed by atoms with Gasteiger partial charge in [0.05, 0.1) is 0 Å². The average molecular weight is 714 g/mol. The monoisotopic (exact) mass is 713 g/mol. The zero-order valence-corrected chi connectivity index (χ0v) is 30.6. The topological polar surface area (TPSA) is 16.4 Å². The van der Waals surface area contributed by atoms with Gasteiger partial charge in [0.15, 0.2) is 0 Å². The maximum Gasteiger partial charge on any atom is 0.143 e. The van der Waals surface area contributed by atoms with Crippen molar-refractivity contribution in [3.8, 4) is 33.4 Å². The van der Waals surface area contributed by atoms with Gasteiger partial charge in [0.2, 0.25) is 0 Å². The first-order valence-electron chi connectivity index (χ1n) is 19.2. The Labute approximate surface area is 325 Å². The molecule has 0 atom stereocenters. The minimum absolute atomic E-state index is 0.862. The van der Waals surface area contributed by atoms with E-state index < -0.39 is 0 Å². The molecule has 10 aromatic carbocycles. The maximum absolute atomic E-state index is 6.75. The largest absolute Gasteiger partial charge is 0.455 e. The first-order chi connectivity index (χ1) is 27.8. The second-order valence-corrected chi connectivity index (χ2v) is 14.5. The van der Waals surface area contributed by atoms with Crippen molar-refractivity contribution in [2.45, 2.75) is 0 Å². The highest BCUT2D eigenvalue weighted by Crippen LogP contribution is 2.47. The van der Waals surface area contributed by atoms with E-state index in [0.717, 1.165) is 50.0 Å². The van der Waals surface area contributed by atoms with Crippen molar-refractivity contribution in [2.24, 2.45) is 0 Å². The molecule has 11 rings (SSSR count). The molecular formula is C54H35NO. The fourth-order valence-electron chi connectivity index (χ4n) is 8.66. The Morgan fingerprint density at radius 3 is 1.54 bits per heavy atom. The van der Waals surface area contributed by atoms with Crippen molar-refractivity contribution in [1.29, 1.82) is 0 Å². The molecule has 0 saturated heterocycles. The zero-order valence-electron chi connectivity index (χ0n) is 30.6. The molecule has 0 aliphatic carbocycles. The van der Waals surface area contributed by atoms with Crippen LogP contribution in [0.3, 0.4) is 0 Å². The van der Waals surface area contributed by atoms with Crippen molar-refractivity contribution in [3.05, 3.63) is 212 Å². The minimum Gasteiger partial charge on any atom is -0.455 e. The normalized spacial score (nSPS) is 11.6. The molecular weight excluding hydrogens is 679 g/mol. The summed E-state index contributed by atoms with van der Waals surface area (Å²) in [4.78, 5) is 2.38. The Kier molecular flexibility index (Phi) is 7.53. The van der Waals surface area contributed by atoms with E-state index in [9.17, 15) is 0 Å². The summed E-state index contributed by atoms with van der Waals surface area (Å²) in [5, 5.41) is 9.44. The molecule has 2 nitrogen and oxygen atoms in total. The molecule has 0 fully saturated rings. The molecule has 0 bridgehead atoms. The molecule has 0 aliphatic rings. The van der Waals surface area contributed by atoms with E-state index in [1.165, 1.54) is 54.7 Å². The Bertz CT molecular complexity index is 3240. The molecule has 0 saturated carbocycles. The summed E-state index contributed by atoms with van der Waals surface area (Å²) < 4.78 is 6.75. The van der Waals surface area contributed by atoms with Crippen molar-refractivity contribution < 1.29 is 4.42 Å². The Hall–Kier alpha value is -7.42. The van der Waals surface area contributed by atoms with E-state index in [1.807, 2.05) is 0 Å². The predicted octanol–water partition coefficient (Wildman–Crippen LogP) is 15.5. The van der Waals surface area contributed by atoms with Crippen LogP contribution in [0.5, 0.6) is 0 Å². The van der Waals surface area contributed by atoms with Crippen molar-refractivity contribution >= 4 is 71.3 Å². The molecule has 2 heteroatoms. The molecule has 0 spiro atoms. The van der Waals surface area contributed by atoms with E-state index in [-0.39, 0.29) is 0 Å². The third kappa shape index (κ3) is 5.26. The first kappa shape index (κ1) is 32.0. The molecule has 0 amide bonds. The highest BCUT2D eigenvalue weighted by Gasteiger charge is 2.21. The standard InChI is InChI=1S/C54H35NO/c1-4-15-36(16-5-1)40-22-14-23-41(33-40)55(43-29-32-47-49-30-27-37-17-10-11-24-44(37)54(49)56-51(47)35-43)42-28-31-46-45-25-12-13-26-48(45)52(38-18-6-2-7-19-38)53(50(46)34-42)39-20-8-3-9-21-39/h1-35H. The van der Waals surface area contributed by atoms with Crippen LogP contribution in [0.2, 0.25) is 0 Å². The lowest BCUT2D eigenvalue weighted by molar-refractivity contribution is 0.672. The Morgan fingerprint density at radius 1 is 0.286 bits per heavy atom. The second kappa shape index (κ2) is 13.2. The van der Waals surface area contributed by atoms with Crippen molar-refractivity contribution in [2.75, 3.05) is 4.90 Å². The zero-order chi connectivity index (χ0) is 37.0. The van der Waals surface area contributed by atoms with Crippen LogP contribution in [-0.4, -0.2) is 0 Å². The summed E-state index contributed by atoms with van der Waals surface area (Å²) in [5.74, 6) is 0. The number of benzene rings is 10. The predicted molar refractivity (Wildman–Crippen MR) is 237 cm³/mol. The average Bonchev–Trinajstić information content (AvgIpc) is 3.65. The van der Waals surface area contributed by atoms with Gasteiger partial charge in [-0.1, -0.05) is 164 Å². The molecule has 1 heterocycles. The summed E-state index contributed by atoms with van der Waals surface area (Å²) in [6.45, 7) is 0. The lowest BCUT2D eigenvalue weighted by Crippen LogP contribution is -2.10. The number of hydrogen-bond acceptors (Lipinski definition) is 2. The van der Waals surface area contributed by atoms with E-state index in [4.69, 9.17) is 4.42 Å². The van der Waals surface area contributed by atoms with Crippen LogP contribution >= 0.6 is 0 Å².